The maximum atomic E-state index is 5.63. The summed E-state index contributed by atoms with van der Waals surface area (Å²) in [5, 5.41) is 0. The molecule has 144 valence electrons. The summed E-state index contributed by atoms with van der Waals surface area (Å²) in [5.74, 6) is 0. The molecule has 0 amide bonds. The number of hydrogen-bond donors (Lipinski definition) is 4. The number of nitrogens with two attached hydrogens (primary N) is 4. The number of unbranched alkanes of at least 4 members (excludes halogenated alkanes) is 1. The molecular weight excluding hydrogens is 288 g/mol. The molecule has 0 spiro atoms. The van der Waals surface area contributed by atoms with Crippen LogP contribution in [0.3, 0.4) is 0 Å². The van der Waals surface area contributed by atoms with Crippen molar-refractivity contribution in [2.45, 2.75) is 84.6 Å². The van der Waals surface area contributed by atoms with Gasteiger partial charge in [-0.2, -0.15) is 0 Å². The summed E-state index contributed by atoms with van der Waals surface area (Å²) in [7, 11) is 0. The first-order valence-corrected chi connectivity index (χ1v) is 9.57. The minimum atomic E-state index is 0.536. The molecule has 0 saturated heterocycles. The van der Waals surface area contributed by atoms with E-state index in [-0.39, 0.29) is 0 Å². The van der Waals surface area contributed by atoms with Gasteiger partial charge in [-0.1, -0.05) is 39.5 Å². The van der Waals surface area contributed by atoms with Crippen LogP contribution in [0.2, 0.25) is 0 Å². The molecule has 1 fully saturated rings. The molecule has 23 heavy (non-hydrogen) atoms. The van der Waals surface area contributed by atoms with Crippen LogP contribution in [0.1, 0.15) is 78.6 Å². The highest BCUT2D eigenvalue weighted by Gasteiger charge is 2.06. The van der Waals surface area contributed by atoms with Gasteiger partial charge in [0, 0.05) is 19.3 Å². The quantitative estimate of drug-likeness (QED) is 0.535. The molecular formula is C18H46N4O. The number of ether oxygens (including phenoxy) is 1. The van der Waals surface area contributed by atoms with Crippen LogP contribution in [0.5, 0.6) is 0 Å². The summed E-state index contributed by atoms with van der Waals surface area (Å²) in [6, 6.07) is 0.536. The van der Waals surface area contributed by atoms with Crippen molar-refractivity contribution >= 4 is 0 Å². The zero-order valence-electron chi connectivity index (χ0n) is 16.2. The monoisotopic (exact) mass is 334 g/mol. The molecule has 0 aromatic carbocycles. The Morgan fingerprint density at radius 3 is 1.52 bits per heavy atom. The summed E-state index contributed by atoms with van der Waals surface area (Å²) in [6.07, 6.45) is 11.1. The topological polar surface area (TPSA) is 113 Å². The Morgan fingerprint density at radius 1 is 0.783 bits per heavy atom. The lowest BCUT2D eigenvalue weighted by atomic mass is 9.97. The van der Waals surface area contributed by atoms with Crippen LogP contribution in [0.4, 0.5) is 0 Å². The van der Waals surface area contributed by atoms with Gasteiger partial charge in [-0.15, -0.1) is 0 Å². The van der Waals surface area contributed by atoms with Crippen LogP contribution in [0.15, 0.2) is 0 Å². The summed E-state index contributed by atoms with van der Waals surface area (Å²) in [4.78, 5) is 0. The third-order valence-corrected chi connectivity index (χ3v) is 3.19. The lowest BCUT2D eigenvalue weighted by Gasteiger charge is -2.15. The fourth-order valence-corrected chi connectivity index (χ4v) is 1.67. The highest BCUT2D eigenvalue weighted by atomic mass is 16.5. The molecule has 1 rings (SSSR count). The second kappa shape index (κ2) is 29.8. The lowest BCUT2D eigenvalue weighted by molar-refractivity contribution is 0.146. The van der Waals surface area contributed by atoms with Crippen molar-refractivity contribution in [3.05, 3.63) is 0 Å². The van der Waals surface area contributed by atoms with E-state index in [9.17, 15) is 0 Å². The average Bonchev–Trinajstić information content (AvgIpc) is 2.58. The molecule has 1 saturated carbocycles. The molecule has 1 aliphatic carbocycles. The molecule has 0 aromatic heterocycles. The normalized spacial score (nSPS) is 13.7. The van der Waals surface area contributed by atoms with Gasteiger partial charge in [-0.3, -0.25) is 0 Å². The third-order valence-electron chi connectivity index (χ3n) is 3.19. The molecule has 0 aliphatic heterocycles. The Labute approximate surface area is 145 Å². The third kappa shape index (κ3) is 39.0. The van der Waals surface area contributed by atoms with Crippen LogP contribution in [0, 0.1) is 0 Å². The van der Waals surface area contributed by atoms with E-state index in [1.165, 1.54) is 44.9 Å². The van der Waals surface area contributed by atoms with Gasteiger partial charge in [0.1, 0.15) is 0 Å². The van der Waals surface area contributed by atoms with Crippen molar-refractivity contribution in [1.29, 1.82) is 0 Å². The van der Waals surface area contributed by atoms with Crippen LogP contribution >= 0.6 is 0 Å². The molecule has 0 heterocycles. The van der Waals surface area contributed by atoms with Gasteiger partial charge in [-0.05, 0) is 58.7 Å². The summed E-state index contributed by atoms with van der Waals surface area (Å²) >= 11 is 0. The average molecular weight is 335 g/mol. The lowest BCUT2D eigenvalue weighted by Crippen LogP contribution is -2.22. The van der Waals surface area contributed by atoms with E-state index >= 15 is 0 Å². The van der Waals surface area contributed by atoms with Crippen molar-refractivity contribution in [3.63, 3.8) is 0 Å². The molecule has 0 radical (unpaired) electrons. The Morgan fingerprint density at radius 2 is 1.30 bits per heavy atom. The van der Waals surface area contributed by atoms with E-state index in [2.05, 4.69) is 13.8 Å². The molecule has 0 aromatic rings. The van der Waals surface area contributed by atoms with Crippen molar-refractivity contribution < 1.29 is 4.74 Å². The number of hydrogen-bond acceptors (Lipinski definition) is 5. The molecule has 1 aliphatic rings. The van der Waals surface area contributed by atoms with Crippen molar-refractivity contribution in [1.82, 2.24) is 0 Å². The van der Waals surface area contributed by atoms with Crippen molar-refractivity contribution in [2.75, 3.05) is 32.8 Å². The molecule has 0 bridgehead atoms. The Balaban J connectivity index is -0.000000239. The minimum Gasteiger partial charge on any atom is -0.382 e. The summed E-state index contributed by atoms with van der Waals surface area (Å²) in [6.45, 7) is 10.2. The standard InChI is InChI=1S/C6H13N.C5H13NO.C4H11N.C3H9N/c7-6-4-2-1-3-5-6;1-2-7-5-3-4-6;1-2-3-4-5;1-2-3-4/h6H,1-5,7H2;2-6H2,1H3;2-5H2,1H3;2-4H2,1H3. The molecule has 8 N–H and O–H groups in total. The maximum Gasteiger partial charge on any atom is 0.0477 e. The summed E-state index contributed by atoms with van der Waals surface area (Å²) in [5.41, 5.74) is 21.0. The first-order chi connectivity index (χ1) is 11.1. The Kier molecular flexibility index (Phi) is 35.8. The molecule has 5 nitrogen and oxygen atoms in total. The SMILES string of the molecule is CCCCN.CCCN.CCOCCCN.NC1CCCCC1. The largest absolute Gasteiger partial charge is 0.382 e. The van der Waals surface area contributed by atoms with Crippen molar-refractivity contribution in [2.24, 2.45) is 22.9 Å². The second-order valence-corrected chi connectivity index (χ2v) is 5.67. The van der Waals surface area contributed by atoms with E-state index in [1.54, 1.807) is 0 Å². The maximum absolute atomic E-state index is 5.63. The molecule has 0 unspecified atom stereocenters. The van der Waals surface area contributed by atoms with E-state index in [0.717, 1.165) is 45.7 Å². The molecule has 5 heteroatoms. The zero-order chi connectivity index (χ0) is 18.2. The Hall–Kier alpha value is -0.200. The van der Waals surface area contributed by atoms with Crippen LogP contribution in [-0.2, 0) is 4.74 Å². The highest BCUT2D eigenvalue weighted by Crippen LogP contribution is 2.14. The van der Waals surface area contributed by atoms with Gasteiger partial charge in [-0.25, -0.2) is 0 Å². The fraction of sp³-hybridized carbons (Fsp3) is 1.00. The van der Waals surface area contributed by atoms with Gasteiger partial charge >= 0.3 is 0 Å². The van der Waals surface area contributed by atoms with Gasteiger partial charge in [0.15, 0.2) is 0 Å². The van der Waals surface area contributed by atoms with E-state index in [0.29, 0.717) is 6.04 Å². The van der Waals surface area contributed by atoms with Gasteiger partial charge in [0.05, 0.1) is 0 Å². The van der Waals surface area contributed by atoms with Crippen molar-refractivity contribution in [3.8, 4) is 0 Å². The van der Waals surface area contributed by atoms with E-state index in [1.807, 2.05) is 6.92 Å². The molecule has 0 atom stereocenters. The Bertz CT molecular complexity index is 157. The predicted octanol–water partition coefficient (Wildman–Crippen LogP) is 2.75. The number of rotatable bonds is 7. The van der Waals surface area contributed by atoms with Gasteiger partial charge in [0.25, 0.3) is 0 Å². The smallest absolute Gasteiger partial charge is 0.0477 e. The van der Waals surface area contributed by atoms with E-state index < -0.39 is 0 Å². The van der Waals surface area contributed by atoms with Gasteiger partial charge in [0.2, 0.25) is 0 Å². The first kappa shape index (κ1) is 27.6. The predicted molar refractivity (Wildman–Crippen MR) is 105 cm³/mol. The minimum absolute atomic E-state index is 0.536. The second-order valence-electron chi connectivity index (χ2n) is 5.67. The van der Waals surface area contributed by atoms with Crippen LogP contribution in [-0.4, -0.2) is 38.9 Å². The van der Waals surface area contributed by atoms with Crippen LogP contribution < -0.4 is 22.9 Å². The van der Waals surface area contributed by atoms with E-state index in [4.69, 9.17) is 27.7 Å². The zero-order valence-corrected chi connectivity index (χ0v) is 16.2. The fourth-order valence-electron chi connectivity index (χ4n) is 1.67. The first-order valence-electron chi connectivity index (χ1n) is 9.57. The summed E-state index contributed by atoms with van der Waals surface area (Å²) < 4.78 is 4.99. The van der Waals surface area contributed by atoms with Gasteiger partial charge < -0.3 is 27.7 Å². The van der Waals surface area contributed by atoms with Crippen LogP contribution in [0.25, 0.3) is 0 Å². The highest BCUT2D eigenvalue weighted by molar-refractivity contribution is 4.66.